The van der Waals surface area contributed by atoms with Gasteiger partial charge in [-0.15, -0.1) is 0 Å². The maximum Gasteiger partial charge on any atom is 0.438 e. The molecule has 0 aromatic carbocycles. The SMILES string of the molecule is CNC(=O)C1CCC(CN(COC=O)C(=O)O/N=C(\C)[C@H]2CC[C@H]3[C@@H]4CCC5=CC(=O)CC[C@]5(C)[C@H]4CC[C@]23C)N1. The summed E-state index contributed by atoms with van der Waals surface area (Å²) in [6.45, 7) is 7.07. The Morgan fingerprint density at radius 2 is 1.93 bits per heavy atom. The second-order valence-electron chi connectivity index (χ2n) is 13.5. The molecule has 4 aliphatic carbocycles. The van der Waals surface area contributed by atoms with Crippen molar-refractivity contribution in [3.05, 3.63) is 11.6 Å². The predicted octanol–water partition coefficient (Wildman–Crippen LogP) is 3.95. The van der Waals surface area contributed by atoms with E-state index in [1.807, 2.05) is 13.0 Å². The summed E-state index contributed by atoms with van der Waals surface area (Å²) in [5, 5.41) is 10.2. The Hall–Kier alpha value is -2.75. The molecule has 1 aliphatic heterocycles. The highest BCUT2D eigenvalue weighted by Crippen LogP contribution is 2.66. The lowest BCUT2D eigenvalue weighted by Gasteiger charge is -2.58. The van der Waals surface area contributed by atoms with Crippen LogP contribution in [0.15, 0.2) is 16.8 Å². The molecular weight excluding hydrogens is 524 g/mol. The van der Waals surface area contributed by atoms with Crippen LogP contribution in [0.2, 0.25) is 0 Å². The van der Waals surface area contributed by atoms with E-state index >= 15 is 0 Å². The molecule has 226 valence electrons. The Labute approximate surface area is 243 Å². The van der Waals surface area contributed by atoms with Crippen molar-refractivity contribution in [1.29, 1.82) is 0 Å². The number of nitrogens with one attached hydrogen (secondary N) is 2. The lowest BCUT2D eigenvalue weighted by molar-refractivity contribution is -0.132. The van der Waals surface area contributed by atoms with Gasteiger partial charge in [0.25, 0.3) is 6.47 Å². The molecule has 41 heavy (non-hydrogen) atoms. The van der Waals surface area contributed by atoms with Crippen LogP contribution in [-0.4, -0.2) is 67.3 Å². The molecule has 2 amide bonds. The minimum atomic E-state index is -0.675. The van der Waals surface area contributed by atoms with Crippen LogP contribution >= 0.6 is 0 Å². The minimum absolute atomic E-state index is 0.0866. The van der Waals surface area contributed by atoms with E-state index in [-0.39, 0.29) is 48.0 Å². The minimum Gasteiger partial charge on any atom is -0.446 e. The van der Waals surface area contributed by atoms with Crippen LogP contribution < -0.4 is 10.6 Å². The molecule has 2 unspecified atom stereocenters. The number of nitrogens with zero attached hydrogens (tertiary/aromatic N) is 2. The number of amides is 2. The second kappa shape index (κ2) is 11.9. The van der Waals surface area contributed by atoms with E-state index in [2.05, 4.69) is 29.6 Å². The highest BCUT2D eigenvalue weighted by Gasteiger charge is 2.59. The molecule has 5 aliphatic rings. The van der Waals surface area contributed by atoms with Crippen molar-refractivity contribution in [1.82, 2.24) is 15.5 Å². The number of likely N-dealkylation sites (N-methyl/N-ethyl adjacent to an activating group) is 1. The lowest BCUT2D eigenvalue weighted by atomic mass is 9.46. The van der Waals surface area contributed by atoms with Crippen molar-refractivity contribution in [2.75, 3.05) is 20.3 Å². The number of carbonyl (C=O) groups excluding carboxylic acids is 4. The van der Waals surface area contributed by atoms with E-state index in [1.54, 1.807) is 7.05 Å². The molecule has 0 aromatic heterocycles. The smallest absolute Gasteiger partial charge is 0.438 e. The Morgan fingerprint density at radius 3 is 2.68 bits per heavy atom. The van der Waals surface area contributed by atoms with Crippen molar-refractivity contribution >= 4 is 30.0 Å². The van der Waals surface area contributed by atoms with Crippen molar-refractivity contribution in [2.45, 2.75) is 97.1 Å². The predicted molar refractivity (Wildman–Crippen MR) is 153 cm³/mol. The Morgan fingerprint density at radius 1 is 1.12 bits per heavy atom. The number of hydrogen-bond donors (Lipinski definition) is 2. The number of ketones is 1. The van der Waals surface area contributed by atoms with Crippen molar-refractivity contribution in [3.8, 4) is 0 Å². The van der Waals surface area contributed by atoms with Crippen LogP contribution in [0, 0.1) is 34.5 Å². The normalized spacial score (nSPS) is 38.2. The van der Waals surface area contributed by atoms with E-state index in [0.717, 1.165) is 50.7 Å². The van der Waals surface area contributed by atoms with Gasteiger partial charge >= 0.3 is 6.09 Å². The third-order valence-electron chi connectivity index (χ3n) is 11.5. The van der Waals surface area contributed by atoms with E-state index < -0.39 is 6.09 Å². The first kappa shape index (κ1) is 29.7. The van der Waals surface area contributed by atoms with Gasteiger partial charge in [-0.1, -0.05) is 24.6 Å². The molecule has 4 fully saturated rings. The third-order valence-corrected chi connectivity index (χ3v) is 11.5. The van der Waals surface area contributed by atoms with Gasteiger partial charge in [0.15, 0.2) is 12.5 Å². The average Bonchev–Trinajstić information content (AvgIpc) is 3.58. The summed E-state index contributed by atoms with van der Waals surface area (Å²) in [5.41, 5.74) is 2.48. The first-order chi connectivity index (χ1) is 19.6. The van der Waals surface area contributed by atoms with Gasteiger partial charge in [-0.2, -0.15) is 0 Å². The summed E-state index contributed by atoms with van der Waals surface area (Å²) in [6.07, 6.45) is 10.9. The molecule has 5 rings (SSSR count). The first-order valence-corrected chi connectivity index (χ1v) is 15.4. The molecule has 2 N–H and O–H groups in total. The number of allylic oxidation sites excluding steroid dienone is 1. The number of hydrogen-bond acceptors (Lipinski definition) is 8. The molecule has 10 nitrogen and oxygen atoms in total. The Balaban J connectivity index is 1.23. The van der Waals surface area contributed by atoms with Crippen molar-refractivity contribution in [3.63, 3.8) is 0 Å². The van der Waals surface area contributed by atoms with Gasteiger partial charge in [-0.3, -0.25) is 24.1 Å². The molecule has 1 saturated heterocycles. The molecule has 10 heteroatoms. The van der Waals surface area contributed by atoms with Gasteiger partial charge in [0.2, 0.25) is 5.91 Å². The van der Waals surface area contributed by atoms with E-state index in [4.69, 9.17) is 9.57 Å². The van der Waals surface area contributed by atoms with Gasteiger partial charge in [0.05, 0.1) is 11.8 Å². The van der Waals surface area contributed by atoms with Crippen LogP contribution in [0.1, 0.15) is 85.0 Å². The van der Waals surface area contributed by atoms with Gasteiger partial charge in [-0.05, 0) is 99.4 Å². The molecule has 8 atom stereocenters. The summed E-state index contributed by atoms with van der Waals surface area (Å²) < 4.78 is 4.88. The lowest BCUT2D eigenvalue weighted by Crippen LogP contribution is -2.51. The summed E-state index contributed by atoms with van der Waals surface area (Å²) in [4.78, 5) is 54.7. The largest absolute Gasteiger partial charge is 0.446 e. The molecule has 3 saturated carbocycles. The molecule has 0 radical (unpaired) electrons. The van der Waals surface area contributed by atoms with E-state index in [9.17, 15) is 19.2 Å². The Bertz CT molecular complexity index is 1120. The van der Waals surface area contributed by atoms with Crippen LogP contribution in [0.3, 0.4) is 0 Å². The number of carbonyl (C=O) groups is 4. The van der Waals surface area contributed by atoms with Gasteiger partial charge in [0, 0.05) is 32.0 Å². The van der Waals surface area contributed by atoms with Crippen molar-refractivity contribution < 1.29 is 28.8 Å². The molecule has 0 spiro atoms. The highest BCUT2D eigenvalue weighted by molar-refractivity contribution is 5.91. The fourth-order valence-corrected chi connectivity index (χ4v) is 9.39. The zero-order chi connectivity index (χ0) is 29.4. The van der Waals surface area contributed by atoms with Crippen molar-refractivity contribution in [2.24, 2.45) is 39.7 Å². The highest BCUT2D eigenvalue weighted by atomic mass is 16.7. The number of rotatable bonds is 8. The zero-order valence-electron chi connectivity index (χ0n) is 24.9. The summed E-state index contributed by atoms with van der Waals surface area (Å²) in [6, 6.07) is -0.430. The first-order valence-electron chi connectivity index (χ1n) is 15.4. The average molecular weight is 571 g/mol. The summed E-state index contributed by atoms with van der Waals surface area (Å²) >= 11 is 0. The van der Waals surface area contributed by atoms with Crippen LogP contribution in [0.25, 0.3) is 0 Å². The summed E-state index contributed by atoms with van der Waals surface area (Å²) in [5.74, 6) is 2.32. The molecule has 1 heterocycles. The molecule has 0 aromatic rings. The van der Waals surface area contributed by atoms with Crippen LogP contribution in [0.5, 0.6) is 0 Å². The fraction of sp³-hybridized carbons (Fsp3) is 0.774. The third kappa shape index (κ3) is 5.56. The second-order valence-corrected chi connectivity index (χ2v) is 13.5. The fourth-order valence-electron chi connectivity index (χ4n) is 9.39. The van der Waals surface area contributed by atoms with Gasteiger partial charge in [-0.25, -0.2) is 4.79 Å². The van der Waals surface area contributed by atoms with Crippen LogP contribution in [-0.2, 0) is 24.0 Å². The topological polar surface area (TPSA) is 126 Å². The van der Waals surface area contributed by atoms with Crippen LogP contribution in [0.4, 0.5) is 4.79 Å². The standard InChI is InChI=1S/C31H46N4O6/c1-19(34-41-29(39)35(17-40-18-36)16-21-6-10-27(33-21)28(38)32-4)24-8-9-25-23-7-5-20-15-22(37)11-13-30(20,2)26(23)12-14-31(24,25)3/h15,18,21,23-27,33H,5-14,16-17H2,1-4H3,(H,32,38)/b34-19+/t21?,23-,24+,25-,26-,27?,30-,31+/m0/s1. The van der Waals surface area contributed by atoms with E-state index in [1.165, 1.54) is 10.5 Å². The monoisotopic (exact) mass is 570 g/mol. The number of fused-ring (bicyclic) bond motifs is 5. The van der Waals surface area contributed by atoms with Gasteiger partial charge < -0.3 is 15.4 Å². The number of ether oxygens (including phenoxy) is 1. The molecular formula is C31H46N4O6. The maximum absolute atomic E-state index is 13.0. The zero-order valence-corrected chi connectivity index (χ0v) is 24.9. The molecule has 0 bridgehead atoms. The van der Waals surface area contributed by atoms with Gasteiger partial charge in [0.1, 0.15) is 0 Å². The number of oxime groups is 1. The quantitative estimate of drug-likeness (QED) is 0.149. The maximum atomic E-state index is 13.0. The Kier molecular flexibility index (Phi) is 8.60. The van der Waals surface area contributed by atoms with E-state index in [0.29, 0.717) is 49.3 Å². The summed E-state index contributed by atoms with van der Waals surface area (Å²) in [7, 11) is 1.60.